The van der Waals surface area contributed by atoms with Crippen LogP contribution >= 0.6 is 0 Å². The Bertz CT molecular complexity index is 531. The SMILES string of the molecule is CCCNC(=O)CN(C)CC(=O)c1cccc([N+](=O)[O-])c1. The van der Waals surface area contributed by atoms with Gasteiger partial charge < -0.3 is 5.32 Å². The first-order chi connectivity index (χ1) is 9.93. The van der Waals surface area contributed by atoms with Crippen molar-refractivity contribution >= 4 is 17.4 Å². The average Bonchev–Trinajstić information content (AvgIpc) is 2.44. The number of carbonyl (C=O) groups excluding carboxylic acids is 2. The Balaban J connectivity index is 2.58. The van der Waals surface area contributed by atoms with Crippen molar-refractivity contribution < 1.29 is 14.5 Å². The van der Waals surface area contributed by atoms with E-state index in [-0.39, 0.29) is 36.0 Å². The highest BCUT2D eigenvalue weighted by Crippen LogP contribution is 2.13. The van der Waals surface area contributed by atoms with Crippen LogP contribution in [0.4, 0.5) is 5.69 Å². The monoisotopic (exact) mass is 293 g/mol. The zero-order chi connectivity index (χ0) is 15.8. The Labute approximate surface area is 123 Å². The van der Waals surface area contributed by atoms with Gasteiger partial charge in [-0.1, -0.05) is 19.1 Å². The van der Waals surface area contributed by atoms with Crippen LogP contribution in [0.25, 0.3) is 0 Å². The van der Waals surface area contributed by atoms with Gasteiger partial charge in [-0.25, -0.2) is 0 Å². The maximum atomic E-state index is 12.0. The molecule has 0 aliphatic rings. The minimum absolute atomic E-state index is 0.0285. The Morgan fingerprint density at radius 1 is 1.33 bits per heavy atom. The summed E-state index contributed by atoms with van der Waals surface area (Å²) in [6.07, 6.45) is 0.849. The number of likely N-dealkylation sites (N-methyl/N-ethyl adjacent to an activating group) is 1. The first kappa shape index (κ1) is 16.8. The summed E-state index contributed by atoms with van der Waals surface area (Å²) in [5, 5.41) is 13.4. The normalized spacial score (nSPS) is 10.4. The van der Waals surface area contributed by atoms with Crippen LogP contribution in [0.1, 0.15) is 23.7 Å². The molecule has 1 N–H and O–H groups in total. The maximum absolute atomic E-state index is 12.0. The third-order valence-corrected chi connectivity index (χ3v) is 2.78. The number of nitro benzene ring substituents is 1. The van der Waals surface area contributed by atoms with Gasteiger partial charge in [0, 0.05) is 24.2 Å². The van der Waals surface area contributed by atoms with Crippen LogP contribution in [-0.4, -0.2) is 48.2 Å². The molecule has 7 heteroatoms. The van der Waals surface area contributed by atoms with E-state index in [2.05, 4.69) is 5.32 Å². The molecule has 0 fully saturated rings. The van der Waals surface area contributed by atoms with Crippen molar-refractivity contribution in [3.8, 4) is 0 Å². The van der Waals surface area contributed by atoms with Gasteiger partial charge in [0.2, 0.25) is 5.91 Å². The second-order valence-corrected chi connectivity index (χ2v) is 4.75. The van der Waals surface area contributed by atoms with Crippen LogP contribution in [0.2, 0.25) is 0 Å². The largest absolute Gasteiger partial charge is 0.355 e. The van der Waals surface area contributed by atoms with E-state index in [0.29, 0.717) is 6.54 Å². The van der Waals surface area contributed by atoms with Gasteiger partial charge in [0.05, 0.1) is 18.0 Å². The van der Waals surface area contributed by atoms with E-state index in [9.17, 15) is 19.7 Å². The summed E-state index contributed by atoms with van der Waals surface area (Å²) in [7, 11) is 1.65. The molecule has 21 heavy (non-hydrogen) atoms. The highest BCUT2D eigenvalue weighted by Gasteiger charge is 2.14. The highest BCUT2D eigenvalue weighted by atomic mass is 16.6. The van der Waals surface area contributed by atoms with Crippen LogP contribution in [0.15, 0.2) is 24.3 Å². The molecule has 0 aliphatic heterocycles. The maximum Gasteiger partial charge on any atom is 0.270 e. The number of Topliss-reactive ketones (excluding diaryl/α,β-unsaturated/α-hetero) is 1. The molecule has 7 nitrogen and oxygen atoms in total. The number of nitrogens with zero attached hydrogens (tertiary/aromatic N) is 2. The first-order valence-corrected chi connectivity index (χ1v) is 6.67. The number of carbonyl (C=O) groups is 2. The molecule has 0 spiro atoms. The van der Waals surface area contributed by atoms with Gasteiger partial charge in [-0.2, -0.15) is 0 Å². The van der Waals surface area contributed by atoms with E-state index in [1.807, 2.05) is 6.92 Å². The van der Waals surface area contributed by atoms with Crippen molar-refractivity contribution in [2.24, 2.45) is 0 Å². The van der Waals surface area contributed by atoms with Gasteiger partial charge in [0.15, 0.2) is 5.78 Å². The van der Waals surface area contributed by atoms with Crippen LogP contribution in [-0.2, 0) is 4.79 Å². The zero-order valence-electron chi connectivity index (χ0n) is 12.2. The van der Waals surface area contributed by atoms with Gasteiger partial charge in [0.1, 0.15) is 0 Å². The number of rotatable bonds is 8. The van der Waals surface area contributed by atoms with Crippen molar-refractivity contribution in [3.63, 3.8) is 0 Å². The molecule has 1 aromatic carbocycles. The molecule has 1 rings (SSSR count). The molecule has 0 saturated carbocycles. The van der Waals surface area contributed by atoms with Crippen LogP contribution < -0.4 is 5.32 Å². The molecule has 1 amide bonds. The molecule has 0 atom stereocenters. The van der Waals surface area contributed by atoms with Crippen molar-refractivity contribution in [1.82, 2.24) is 10.2 Å². The van der Waals surface area contributed by atoms with Gasteiger partial charge in [-0.15, -0.1) is 0 Å². The number of nitro groups is 1. The van der Waals surface area contributed by atoms with Crippen molar-refractivity contribution in [2.75, 3.05) is 26.7 Å². The minimum Gasteiger partial charge on any atom is -0.355 e. The summed E-state index contributed by atoms with van der Waals surface area (Å²) in [5.41, 5.74) is 0.147. The lowest BCUT2D eigenvalue weighted by Crippen LogP contribution is -2.37. The number of ketones is 1. The van der Waals surface area contributed by atoms with E-state index < -0.39 is 4.92 Å². The van der Waals surface area contributed by atoms with E-state index in [0.717, 1.165) is 6.42 Å². The predicted molar refractivity (Wildman–Crippen MR) is 78.2 cm³/mol. The summed E-state index contributed by atoms with van der Waals surface area (Å²) in [6.45, 7) is 2.70. The summed E-state index contributed by atoms with van der Waals surface area (Å²) in [6, 6.07) is 5.58. The highest BCUT2D eigenvalue weighted by molar-refractivity contribution is 5.98. The smallest absolute Gasteiger partial charge is 0.270 e. The van der Waals surface area contributed by atoms with Gasteiger partial charge in [-0.05, 0) is 13.5 Å². The number of hydrogen-bond acceptors (Lipinski definition) is 5. The number of non-ortho nitro benzene ring substituents is 1. The van der Waals surface area contributed by atoms with E-state index in [1.165, 1.54) is 24.3 Å². The molecule has 0 radical (unpaired) electrons. The lowest BCUT2D eigenvalue weighted by Gasteiger charge is -2.15. The lowest BCUT2D eigenvalue weighted by molar-refractivity contribution is -0.384. The number of benzene rings is 1. The fourth-order valence-electron chi connectivity index (χ4n) is 1.75. The van der Waals surface area contributed by atoms with Crippen molar-refractivity contribution in [2.45, 2.75) is 13.3 Å². The van der Waals surface area contributed by atoms with Gasteiger partial charge in [0.25, 0.3) is 5.69 Å². The summed E-state index contributed by atoms with van der Waals surface area (Å²) in [4.78, 5) is 35.3. The molecule has 0 bridgehead atoms. The van der Waals surface area contributed by atoms with E-state index >= 15 is 0 Å². The molecular formula is C14H19N3O4. The van der Waals surface area contributed by atoms with Gasteiger partial charge >= 0.3 is 0 Å². The summed E-state index contributed by atoms with van der Waals surface area (Å²) >= 11 is 0. The molecule has 0 heterocycles. The molecule has 0 unspecified atom stereocenters. The summed E-state index contributed by atoms with van der Waals surface area (Å²) in [5.74, 6) is -0.407. The van der Waals surface area contributed by atoms with Crippen LogP contribution in [0.3, 0.4) is 0 Å². The van der Waals surface area contributed by atoms with Crippen molar-refractivity contribution in [1.29, 1.82) is 0 Å². The molecule has 1 aromatic rings. The molecular weight excluding hydrogens is 274 g/mol. The number of nitrogens with one attached hydrogen (secondary N) is 1. The molecule has 0 saturated heterocycles. The Morgan fingerprint density at radius 3 is 2.67 bits per heavy atom. The third kappa shape index (κ3) is 5.70. The average molecular weight is 293 g/mol. The van der Waals surface area contributed by atoms with Crippen LogP contribution in [0.5, 0.6) is 0 Å². The first-order valence-electron chi connectivity index (χ1n) is 6.67. The predicted octanol–water partition coefficient (Wildman–Crippen LogP) is 1.24. The third-order valence-electron chi connectivity index (χ3n) is 2.78. The molecule has 0 aromatic heterocycles. The quantitative estimate of drug-likeness (QED) is 0.442. The topological polar surface area (TPSA) is 92.6 Å². The molecule has 114 valence electrons. The zero-order valence-corrected chi connectivity index (χ0v) is 12.2. The number of amides is 1. The second-order valence-electron chi connectivity index (χ2n) is 4.75. The second kappa shape index (κ2) is 8.11. The van der Waals surface area contributed by atoms with Gasteiger partial charge in [-0.3, -0.25) is 24.6 Å². The standard InChI is InChI=1S/C14H19N3O4/c1-3-7-15-14(19)10-16(2)9-13(18)11-5-4-6-12(8-11)17(20)21/h4-6,8H,3,7,9-10H2,1-2H3,(H,15,19). The van der Waals surface area contributed by atoms with E-state index in [1.54, 1.807) is 11.9 Å². The summed E-state index contributed by atoms with van der Waals surface area (Å²) < 4.78 is 0. The Hall–Kier alpha value is -2.28. The fourth-order valence-corrected chi connectivity index (χ4v) is 1.75. The van der Waals surface area contributed by atoms with Crippen LogP contribution in [0, 0.1) is 10.1 Å². The number of hydrogen-bond donors (Lipinski definition) is 1. The Morgan fingerprint density at radius 2 is 2.05 bits per heavy atom. The van der Waals surface area contributed by atoms with E-state index in [4.69, 9.17) is 0 Å². The lowest BCUT2D eigenvalue weighted by atomic mass is 10.1. The minimum atomic E-state index is -0.543. The molecule has 0 aliphatic carbocycles. The Kier molecular flexibility index (Phi) is 6.48. The van der Waals surface area contributed by atoms with Crippen molar-refractivity contribution in [3.05, 3.63) is 39.9 Å². The fraction of sp³-hybridized carbons (Fsp3) is 0.429.